The van der Waals surface area contributed by atoms with E-state index in [-0.39, 0.29) is 14.9 Å². The van der Waals surface area contributed by atoms with Gasteiger partial charge in [-0.15, -0.1) is 0 Å². The lowest BCUT2D eigenvalue weighted by atomic mass is 9.99. The Labute approximate surface area is 121 Å². The zero-order valence-electron chi connectivity index (χ0n) is 11.0. The molecule has 1 saturated carbocycles. The van der Waals surface area contributed by atoms with E-state index in [4.69, 9.17) is 5.73 Å². The van der Waals surface area contributed by atoms with Gasteiger partial charge in [0.25, 0.3) is 0 Å². The van der Waals surface area contributed by atoms with Crippen molar-refractivity contribution in [2.75, 3.05) is 12.3 Å². The predicted molar refractivity (Wildman–Crippen MR) is 77.1 cm³/mol. The van der Waals surface area contributed by atoms with Crippen LogP contribution < -0.4 is 10.5 Å². The number of nitrogen functional groups attached to an aromatic ring is 1. The van der Waals surface area contributed by atoms with Crippen LogP contribution in [0.4, 0.5) is 10.7 Å². The van der Waals surface area contributed by atoms with Crippen molar-refractivity contribution in [3.63, 3.8) is 0 Å². The molecule has 3 N–H and O–H groups in total. The van der Waals surface area contributed by atoms with Crippen molar-refractivity contribution in [2.45, 2.75) is 30.4 Å². The summed E-state index contributed by atoms with van der Waals surface area (Å²) in [5.41, 5.74) is 5.11. The van der Waals surface area contributed by atoms with Crippen LogP contribution in [0.3, 0.4) is 0 Å². The van der Waals surface area contributed by atoms with Crippen LogP contribution in [0.1, 0.15) is 26.2 Å². The molecule has 0 amide bonds. The molecular weight excluding hydrogens is 302 g/mol. The summed E-state index contributed by atoms with van der Waals surface area (Å²) in [4.78, 5) is 10.0. The summed E-state index contributed by atoms with van der Waals surface area (Å²) in [6.07, 6.45) is 3.24. The predicted octanol–water partition coefficient (Wildman–Crippen LogP) is 1.95. The molecule has 1 aliphatic rings. The number of nitrogens with one attached hydrogen (secondary N) is 1. The highest BCUT2D eigenvalue weighted by Gasteiger charge is 2.28. The summed E-state index contributed by atoms with van der Waals surface area (Å²) in [5, 5.41) is 10.6. The Balaban J connectivity index is 2.10. The number of rotatable bonds is 5. The van der Waals surface area contributed by atoms with E-state index in [0.29, 0.717) is 18.4 Å². The van der Waals surface area contributed by atoms with E-state index in [1.807, 2.05) is 0 Å². The lowest BCUT2D eigenvalue weighted by Gasteiger charge is -2.15. The minimum absolute atomic E-state index is 0.0930. The van der Waals surface area contributed by atoms with Crippen LogP contribution in [0.5, 0.6) is 0 Å². The van der Waals surface area contributed by atoms with Crippen molar-refractivity contribution in [3.8, 4) is 0 Å². The summed E-state index contributed by atoms with van der Waals surface area (Å²) < 4.78 is 26.6. The van der Waals surface area contributed by atoms with Crippen LogP contribution in [0.2, 0.25) is 0 Å². The van der Waals surface area contributed by atoms with Crippen molar-refractivity contribution in [1.82, 2.24) is 4.72 Å². The zero-order chi connectivity index (χ0) is 14.9. The van der Waals surface area contributed by atoms with Gasteiger partial charge in [-0.25, -0.2) is 13.1 Å². The zero-order valence-corrected chi connectivity index (χ0v) is 12.7. The highest BCUT2D eigenvalue weighted by molar-refractivity contribution is 7.91. The van der Waals surface area contributed by atoms with Gasteiger partial charge in [-0.3, -0.25) is 10.1 Å². The fraction of sp³-hybridized carbons (Fsp3) is 0.636. The second-order valence-corrected chi connectivity index (χ2v) is 8.17. The van der Waals surface area contributed by atoms with E-state index in [1.165, 1.54) is 0 Å². The standard InChI is InChI=1S/C11H17N3O4S2/c1-7-3-2-4-8(7)6-13-20(17,18)10-5-9(14(15)16)11(12)19-10/h5,7-8,13H,2-4,6,12H2,1H3. The summed E-state index contributed by atoms with van der Waals surface area (Å²) in [5.74, 6) is 0.831. The Morgan fingerprint density at radius 1 is 1.55 bits per heavy atom. The van der Waals surface area contributed by atoms with Gasteiger partial charge in [0.05, 0.1) is 4.92 Å². The minimum atomic E-state index is -3.72. The molecule has 2 rings (SSSR count). The van der Waals surface area contributed by atoms with E-state index in [2.05, 4.69) is 11.6 Å². The highest BCUT2D eigenvalue weighted by Crippen LogP contribution is 2.35. The van der Waals surface area contributed by atoms with E-state index in [9.17, 15) is 18.5 Å². The van der Waals surface area contributed by atoms with Crippen molar-refractivity contribution in [2.24, 2.45) is 11.8 Å². The Morgan fingerprint density at radius 3 is 2.75 bits per heavy atom. The molecule has 0 bridgehead atoms. The Bertz CT molecular complexity index is 611. The molecule has 0 radical (unpaired) electrons. The van der Waals surface area contributed by atoms with Gasteiger partial charge in [0.15, 0.2) is 5.00 Å². The first kappa shape index (κ1) is 15.2. The van der Waals surface area contributed by atoms with Gasteiger partial charge >= 0.3 is 5.69 Å². The average molecular weight is 319 g/mol. The van der Waals surface area contributed by atoms with Gasteiger partial charge in [-0.1, -0.05) is 31.1 Å². The van der Waals surface area contributed by atoms with E-state index in [1.54, 1.807) is 0 Å². The first-order valence-corrected chi connectivity index (χ1v) is 8.64. The Kier molecular flexibility index (Phi) is 4.31. The minimum Gasteiger partial charge on any atom is -0.385 e. The first-order valence-electron chi connectivity index (χ1n) is 6.34. The average Bonchev–Trinajstić information content (AvgIpc) is 2.93. The van der Waals surface area contributed by atoms with Crippen molar-refractivity contribution in [3.05, 3.63) is 16.2 Å². The normalized spacial score (nSPS) is 23.1. The fourth-order valence-corrected chi connectivity index (χ4v) is 4.81. The lowest BCUT2D eigenvalue weighted by Crippen LogP contribution is -2.29. The number of nitrogens with two attached hydrogens (primary N) is 1. The second kappa shape index (κ2) is 5.66. The summed E-state index contributed by atoms with van der Waals surface area (Å²) in [7, 11) is -3.72. The van der Waals surface area contributed by atoms with Gasteiger partial charge in [0.2, 0.25) is 10.0 Å². The highest BCUT2D eigenvalue weighted by atomic mass is 32.2. The molecule has 9 heteroatoms. The quantitative estimate of drug-likeness (QED) is 0.635. The molecule has 2 unspecified atom stereocenters. The van der Waals surface area contributed by atoms with Crippen molar-refractivity contribution in [1.29, 1.82) is 0 Å². The maximum atomic E-state index is 12.1. The molecular formula is C11H17N3O4S2. The van der Waals surface area contributed by atoms with Crippen LogP contribution in [0, 0.1) is 22.0 Å². The van der Waals surface area contributed by atoms with Gasteiger partial charge in [-0.2, -0.15) is 0 Å². The number of anilines is 1. The summed E-state index contributed by atoms with van der Waals surface area (Å²) in [6, 6.07) is 1.01. The molecule has 1 fully saturated rings. The number of nitro groups is 1. The Hall–Kier alpha value is -1.19. The van der Waals surface area contributed by atoms with Crippen LogP contribution in [0.15, 0.2) is 10.3 Å². The molecule has 1 aromatic rings. The summed E-state index contributed by atoms with van der Waals surface area (Å²) >= 11 is 0.719. The molecule has 0 spiro atoms. The van der Waals surface area contributed by atoms with Crippen LogP contribution >= 0.6 is 11.3 Å². The fourth-order valence-electron chi connectivity index (χ4n) is 2.46. The first-order chi connectivity index (χ1) is 9.31. The van der Waals surface area contributed by atoms with Crippen LogP contribution in [-0.2, 0) is 10.0 Å². The van der Waals surface area contributed by atoms with Gasteiger partial charge in [-0.05, 0) is 18.3 Å². The topological polar surface area (TPSA) is 115 Å². The maximum Gasteiger partial charge on any atom is 0.304 e. The molecule has 0 saturated heterocycles. The van der Waals surface area contributed by atoms with Gasteiger partial charge in [0, 0.05) is 12.6 Å². The van der Waals surface area contributed by atoms with Crippen LogP contribution in [0.25, 0.3) is 0 Å². The van der Waals surface area contributed by atoms with Crippen molar-refractivity contribution < 1.29 is 13.3 Å². The third-order valence-electron chi connectivity index (χ3n) is 3.75. The van der Waals surface area contributed by atoms with E-state index < -0.39 is 14.9 Å². The third-order valence-corrected chi connectivity index (χ3v) is 6.60. The molecule has 1 heterocycles. The van der Waals surface area contributed by atoms with Crippen LogP contribution in [-0.4, -0.2) is 19.9 Å². The smallest absolute Gasteiger partial charge is 0.304 e. The molecule has 1 aliphatic carbocycles. The largest absolute Gasteiger partial charge is 0.385 e. The maximum absolute atomic E-state index is 12.1. The molecule has 112 valence electrons. The third kappa shape index (κ3) is 3.10. The molecule has 0 aliphatic heterocycles. The second-order valence-electron chi connectivity index (χ2n) is 5.09. The molecule has 0 aromatic carbocycles. The van der Waals surface area contributed by atoms with E-state index >= 15 is 0 Å². The molecule has 7 nitrogen and oxygen atoms in total. The number of thiophene rings is 1. The van der Waals surface area contributed by atoms with E-state index in [0.717, 1.165) is 36.7 Å². The number of hydrogen-bond acceptors (Lipinski definition) is 6. The summed E-state index contributed by atoms with van der Waals surface area (Å²) in [6.45, 7) is 2.48. The lowest BCUT2D eigenvalue weighted by molar-refractivity contribution is -0.383. The van der Waals surface area contributed by atoms with Gasteiger partial charge in [0.1, 0.15) is 4.21 Å². The number of nitrogens with zero attached hydrogens (tertiary/aromatic N) is 1. The van der Waals surface area contributed by atoms with Gasteiger partial charge < -0.3 is 5.73 Å². The molecule has 1 aromatic heterocycles. The monoisotopic (exact) mass is 319 g/mol. The Morgan fingerprint density at radius 2 is 2.25 bits per heavy atom. The molecule has 20 heavy (non-hydrogen) atoms. The SMILES string of the molecule is CC1CCCC1CNS(=O)(=O)c1cc([N+](=O)[O-])c(N)s1. The molecule has 2 atom stereocenters. The van der Waals surface area contributed by atoms with Crippen molar-refractivity contribution >= 4 is 32.0 Å². The number of sulfonamides is 1. The number of hydrogen-bond donors (Lipinski definition) is 2.